The van der Waals surface area contributed by atoms with E-state index in [1.165, 1.54) is 0 Å². The molecule has 0 aliphatic carbocycles. The number of hydrogen-bond donors (Lipinski definition) is 2. The smallest absolute Gasteiger partial charge is 0.330 e. The van der Waals surface area contributed by atoms with E-state index in [0.29, 0.717) is 25.5 Å². The maximum atomic E-state index is 12.5. The first kappa shape index (κ1) is 20.9. The fourth-order valence-electron chi connectivity index (χ4n) is 2.37. The molecule has 1 atom stereocenters. The number of carbonyl (C=O) groups excluding carboxylic acids is 1. The quantitative estimate of drug-likeness (QED) is 0.421. The molecule has 1 unspecified atom stereocenters. The number of nitrogens with one attached hydrogen (secondary N) is 2. The van der Waals surface area contributed by atoms with Gasteiger partial charge in [0.05, 0.1) is 25.4 Å². The summed E-state index contributed by atoms with van der Waals surface area (Å²) in [6.07, 6.45) is 0.531. The minimum atomic E-state index is -3.18. The molecule has 8 nitrogen and oxygen atoms in total. The average Bonchev–Trinajstić information content (AvgIpc) is 2.95. The van der Waals surface area contributed by atoms with Crippen molar-refractivity contribution in [2.75, 3.05) is 19.4 Å². The highest BCUT2D eigenvalue weighted by molar-refractivity contribution is 9.10. The number of halogens is 1. The summed E-state index contributed by atoms with van der Waals surface area (Å²) in [4.78, 5) is 17.0. The van der Waals surface area contributed by atoms with Gasteiger partial charge < -0.3 is 19.2 Å². The number of amidine groups is 1. The van der Waals surface area contributed by atoms with Crippen LogP contribution in [0.25, 0.3) is 0 Å². The molecule has 1 fully saturated rings. The predicted molar refractivity (Wildman–Crippen MR) is 102 cm³/mol. The molecule has 0 bridgehead atoms. The van der Waals surface area contributed by atoms with Crippen molar-refractivity contribution in [2.24, 2.45) is 5.16 Å². The summed E-state index contributed by atoms with van der Waals surface area (Å²) in [5.41, 5.74) is 0.948. The lowest BCUT2D eigenvalue weighted by molar-refractivity contribution is 0.129. The number of hydrogen-bond acceptors (Lipinski definition) is 6. The molecule has 144 valence electrons. The number of benzene rings is 1. The van der Waals surface area contributed by atoms with Gasteiger partial charge >= 0.3 is 13.6 Å². The first-order valence-electron chi connectivity index (χ1n) is 8.35. The molecule has 0 spiro atoms. The van der Waals surface area contributed by atoms with Crippen LogP contribution in [0.1, 0.15) is 25.8 Å². The first-order chi connectivity index (χ1) is 12.5. The second kappa shape index (κ2) is 10.1. The van der Waals surface area contributed by atoms with Crippen molar-refractivity contribution >= 4 is 35.4 Å². The van der Waals surface area contributed by atoms with Crippen LogP contribution in [0, 0.1) is 0 Å². The van der Waals surface area contributed by atoms with E-state index >= 15 is 0 Å². The van der Waals surface area contributed by atoms with Crippen LogP contribution in [0.5, 0.6) is 0 Å². The van der Waals surface area contributed by atoms with Crippen LogP contribution in [0.2, 0.25) is 0 Å². The molecule has 1 heterocycles. The molecule has 0 aromatic heterocycles. The van der Waals surface area contributed by atoms with Gasteiger partial charge in [0.25, 0.3) is 0 Å². The lowest BCUT2D eigenvalue weighted by Crippen LogP contribution is -2.30. The largest absolute Gasteiger partial charge is 0.389 e. The Morgan fingerprint density at radius 1 is 1.19 bits per heavy atom. The molecule has 2 amide bonds. The molecule has 1 saturated heterocycles. The van der Waals surface area contributed by atoms with Crippen LogP contribution < -0.4 is 10.6 Å². The number of rotatable bonds is 10. The van der Waals surface area contributed by atoms with Gasteiger partial charge in [-0.3, -0.25) is 9.88 Å². The zero-order valence-electron chi connectivity index (χ0n) is 14.7. The minimum absolute atomic E-state index is 0.174. The van der Waals surface area contributed by atoms with E-state index < -0.39 is 13.6 Å². The highest BCUT2D eigenvalue weighted by Gasteiger charge is 2.32. The third-order valence-electron chi connectivity index (χ3n) is 3.53. The maximum absolute atomic E-state index is 12.5. The molecule has 2 N–H and O–H groups in total. The molecular weight excluding hydrogens is 425 g/mol. The molecule has 1 aromatic carbocycles. The van der Waals surface area contributed by atoms with Crippen molar-refractivity contribution in [1.82, 2.24) is 10.6 Å². The van der Waals surface area contributed by atoms with E-state index in [-0.39, 0.29) is 18.8 Å². The van der Waals surface area contributed by atoms with E-state index in [1.807, 2.05) is 24.3 Å². The Bertz CT molecular complexity index is 673. The van der Waals surface area contributed by atoms with E-state index in [1.54, 1.807) is 13.8 Å². The monoisotopic (exact) mass is 447 g/mol. The summed E-state index contributed by atoms with van der Waals surface area (Å²) >= 11 is 3.37. The van der Waals surface area contributed by atoms with Crippen molar-refractivity contribution in [3.8, 4) is 0 Å². The summed E-state index contributed by atoms with van der Waals surface area (Å²) in [7, 11) is -3.18. The van der Waals surface area contributed by atoms with Gasteiger partial charge in [-0.1, -0.05) is 33.2 Å². The molecule has 1 aromatic rings. The van der Waals surface area contributed by atoms with Crippen LogP contribution in [0.3, 0.4) is 0 Å². The number of amides is 2. The van der Waals surface area contributed by atoms with Crippen molar-refractivity contribution in [3.63, 3.8) is 0 Å². The van der Waals surface area contributed by atoms with Crippen LogP contribution >= 0.6 is 23.5 Å². The van der Waals surface area contributed by atoms with Gasteiger partial charge in [0.2, 0.25) is 0 Å². The zero-order valence-corrected chi connectivity index (χ0v) is 17.2. The molecule has 26 heavy (non-hydrogen) atoms. The van der Waals surface area contributed by atoms with Gasteiger partial charge in [0.15, 0.2) is 5.84 Å². The van der Waals surface area contributed by atoms with Crippen LogP contribution in [0.15, 0.2) is 33.9 Å². The van der Waals surface area contributed by atoms with E-state index in [9.17, 15) is 9.36 Å². The van der Waals surface area contributed by atoms with Gasteiger partial charge in [0.1, 0.15) is 6.61 Å². The third kappa shape index (κ3) is 6.39. The van der Waals surface area contributed by atoms with Crippen molar-refractivity contribution in [1.29, 1.82) is 0 Å². The molecule has 2 rings (SSSR count). The highest BCUT2D eigenvalue weighted by Crippen LogP contribution is 2.48. The molecule has 1 aliphatic rings. The normalized spacial score (nSPS) is 18.7. The third-order valence-corrected chi connectivity index (χ3v) is 6.17. The Hall–Kier alpha value is -1.41. The second-order valence-corrected chi connectivity index (χ2v) is 8.59. The topological polar surface area (TPSA) is 98.2 Å². The van der Waals surface area contributed by atoms with E-state index in [2.05, 4.69) is 31.7 Å². The first-order valence-corrected chi connectivity index (χ1v) is 10.9. The fourth-order valence-corrected chi connectivity index (χ4v) is 4.32. The number of oxime groups is 1. The molecule has 0 radical (unpaired) electrons. The highest BCUT2D eigenvalue weighted by atomic mass is 79.9. The SMILES string of the molecule is CCOP(=O)(CCC1NC(=O)NC1=NOCc1ccc(Br)cc1)OCC. The van der Waals surface area contributed by atoms with Crippen molar-refractivity contribution in [3.05, 3.63) is 34.3 Å². The van der Waals surface area contributed by atoms with Gasteiger partial charge in [-0.2, -0.15) is 0 Å². The van der Waals surface area contributed by atoms with Gasteiger partial charge in [-0.15, -0.1) is 0 Å². The predicted octanol–water partition coefficient (Wildman–Crippen LogP) is 3.62. The minimum Gasteiger partial charge on any atom is -0.389 e. The van der Waals surface area contributed by atoms with Gasteiger partial charge in [-0.05, 0) is 38.0 Å². The summed E-state index contributed by atoms with van der Waals surface area (Å²) < 4.78 is 24.0. The Morgan fingerprint density at radius 2 is 1.85 bits per heavy atom. The van der Waals surface area contributed by atoms with Gasteiger partial charge in [-0.25, -0.2) is 4.79 Å². The summed E-state index contributed by atoms with van der Waals surface area (Å²) in [5.74, 6) is 0.353. The maximum Gasteiger partial charge on any atom is 0.330 e. The second-order valence-electron chi connectivity index (χ2n) is 5.49. The van der Waals surface area contributed by atoms with E-state index in [4.69, 9.17) is 13.9 Å². The molecular formula is C16H23BrN3O5P. The molecule has 0 saturated carbocycles. The van der Waals surface area contributed by atoms with E-state index in [0.717, 1.165) is 10.0 Å². The van der Waals surface area contributed by atoms with Crippen molar-refractivity contribution < 1.29 is 23.2 Å². The zero-order chi connectivity index (χ0) is 19.0. The molecule has 10 heteroatoms. The van der Waals surface area contributed by atoms with Gasteiger partial charge in [0, 0.05) is 4.47 Å². The fraction of sp³-hybridized carbons (Fsp3) is 0.500. The number of carbonyl (C=O) groups is 1. The number of nitrogens with zero attached hydrogens (tertiary/aromatic N) is 1. The van der Waals surface area contributed by atoms with Crippen molar-refractivity contribution in [2.45, 2.75) is 32.9 Å². The Morgan fingerprint density at radius 3 is 2.46 bits per heavy atom. The van der Waals surface area contributed by atoms with Crippen LogP contribution in [0.4, 0.5) is 4.79 Å². The Labute approximate surface area is 161 Å². The summed E-state index contributed by atoms with van der Waals surface area (Å²) in [6.45, 7) is 4.38. The lowest BCUT2D eigenvalue weighted by Gasteiger charge is -2.18. The Balaban J connectivity index is 1.93. The Kier molecular flexibility index (Phi) is 8.09. The molecule has 1 aliphatic heterocycles. The van der Waals surface area contributed by atoms with Crippen LogP contribution in [-0.2, 0) is 25.1 Å². The lowest BCUT2D eigenvalue weighted by atomic mass is 10.2. The summed E-state index contributed by atoms with van der Waals surface area (Å²) in [5, 5.41) is 9.32. The standard InChI is InChI=1S/C16H23BrN3O5P/c1-3-24-26(22,25-4-2)10-9-14-15(19-16(21)18-14)20-23-11-12-5-7-13(17)8-6-12/h5-8,14H,3-4,9-11H2,1-2H3,(H2,18,19,20,21). The van der Waals surface area contributed by atoms with Crippen LogP contribution in [-0.4, -0.2) is 37.3 Å². The summed E-state index contributed by atoms with van der Waals surface area (Å²) in [6, 6.07) is 6.84. The average molecular weight is 448 g/mol. The number of urea groups is 1.